The Bertz CT molecular complexity index is 661. The van der Waals surface area contributed by atoms with Crippen molar-refractivity contribution in [1.29, 1.82) is 0 Å². The van der Waals surface area contributed by atoms with Gasteiger partial charge in [-0.25, -0.2) is 4.98 Å². The van der Waals surface area contributed by atoms with Gasteiger partial charge in [-0.15, -0.1) is 0 Å². The van der Waals surface area contributed by atoms with Crippen LogP contribution in [0.3, 0.4) is 0 Å². The van der Waals surface area contributed by atoms with Crippen molar-refractivity contribution in [2.24, 2.45) is 0 Å². The van der Waals surface area contributed by atoms with E-state index in [9.17, 15) is 10.1 Å². The van der Waals surface area contributed by atoms with E-state index in [-0.39, 0.29) is 5.69 Å². The smallest absolute Gasteiger partial charge is 0.276 e. The van der Waals surface area contributed by atoms with E-state index in [0.717, 1.165) is 5.56 Å². The van der Waals surface area contributed by atoms with Crippen LogP contribution in [0, 0.1) is 17.0 Å². The lowest BCUT2D eigenvalue weighted by Gasteiger charge is -2.10. The maximum Gasteiger partial charge on any atom is 0.276 e. The van der Waals surface area contributed by atoms with E-state index in [2.05, 4.69) is 15.6 Å². The fourth-order valence-corrected chi connectivity index (χ4v) is 1.85. The number of benzene rings is 1. The van der Waals surface area contributed by atoms with Gasteiger partial charge in [0.2, 0.25) is 0 Å². The third kappa shape index (κ3) is 3.16. The minimum Gasteiger partial charge on any atom is -0.373 e. The second-order valence-electron chi connectivity index (χ2n) is 4.21. The van der Waals surface area contributed by atoms with Gasteiger partial charge in [0.1, 0.15) is 11.6 Å². The average molecular weight is 293 g/mol. The minimum absolute atomic E-state index is 0.0457. The van der Waals surface area contributed by atoms with Crippen molar-refractivity contribution >= 4 is 34.6 Å². The SMILES string of the molecule is CNc1cc([N+](=O)[O-])cc(Nc2cc(C)ccc2Cl)n1. The number of nitrogens with one attached hydrogen (secondary N) is 2. The molecule has 2 N–H and O–H groups in total. The molecule has 0 aliphatic rings. The van der Waals surface area contributed by atoms with Gasteiger partial charge < -0.3 is 10.6 Å². The second kappa shape index (κ2) is 5.75. The molecule has 0 aliphatic heterocycles. The van der Waals surface area contributed by atoms with Gasteiger partial charge in [-0.2, -0.15) is 0 Å². The number of aryl methyl sites for hydroxylation is 1. The Hall–Kier alpha value is -2.34. The number of aromatic nitrogens is 1. The fraction of sp³-hybridized carbons (Fsp3) is 0.154. The second-order valence-corrected chi connectivity index (χ2v) is 4.62. The van der Waals surface area contributed by atoms with Crippen LogP contribution in [0.25, 0.3) is 0 Å². The number of nitrogens with zero attached hydrogens (tertiary/aromatic N) is 2. The van der Waals surface area contributed by atoms with Gasteiger partial charge in [0.05, 0.1) is 27.8 Å². The maximum absolute atomic E-state index is 10.9. The van der Waals surface area contributed by atoms with Crippen molar-refractivity contribution in [3.63, 3.8) is 0 Å². The third-order valence-corrected chi connectivity index (χ3v) is 2.99. The van der Waals surface area contributed by atoms with Crippen molar-refractivity contribution in [3.8, 4) is 0 Å². The number of nitro groups is 1. The van der Waals surface area contributed by atoms with E-state index in [1.165, 1.54) is 12.1 Å². The molecule has 1 aromatic carbocycles. The van der Waals surface area contributed by atoms with Gasteiger partial charge in [0, 0.05) is 7.05 Å². The summed E-state index contributed by atoms with van der Waals surface area (Å²) < 4.78 is 0. The molecule has 0 radical (unpaired) electrons. The fourth-order valence-electron chi connectivity index (χ4n) is 1.69. The minimum atomic E-state index is -0.467. The highest BCUT2D eigenvalue weighted by Crippen LogP contribution is 2.28. The van der Waals surface area contributed by atoms with Crippen LogP contribution >= 0.6 is 11.6 Å². The number of hydrogen-bond acceptors (Lipinski definition) is 5. The molecule has 0 saturated heterocycles. The molecule has 0 spiro atoms. The molecular formula is C13H13ClN4O2. The Kier molecular flexibility index (Phi) is 4.05. The van der Waals surface area contributed by atoms with Crippen molar-refractivity contribution in [1.82, 2.24) is 4.98 Å². The van der Waals surface area contributed by atoms with E-state index in [0.29, 0.717) is 22.3 Å². The van der Waals surface area contributed by atoms with E-state index in [1.807, 2.05) is 19.1 Å². The van der Waals surface area contributed by atoms with Crippen LogP contribution in [0.4, 0.5) is 23.0 Å². The first-order valence-electron chi connectivity index (χ1n) is 5.87. The number of hydrogen-bond donors (Lipinski definition) is 2. The van der Waals surface area contributed by atoms with Gasteiger partial charge in [-0.3, -0.25) is 10.1 Å². The summed E-state index contributed by atoms with van der Waals surface area (Å²) in [6.45, 7) is 1.93. The molecule has 0 unspecified atom stereocenters. The van der Waals surface area contributed by atoms with E-state index < -0.39 is 4.92 Å². The summed E-state index contributed by atoms with van der Waals surface area (Å²) in [6.07, 6.45) is 0. The van der Waals surface area contributed by atoms with Gasteiger partial charge in [-0.05, 0) is 24.6 Å². The van der Waals surface area contributed by atoms with Gasteiger partial charge in [-0.1, -0.05) is 17.7 Å². The summed E-state index contributed by atoms with van der Waals surface area (Å²) in [6, 6.07) is 8.22. The van der Waals surface area contributed by atoms with E-state index >= 15 is 0 Å². The Morgan fingerprint density at radius 1 is 1.25 bits per heavy atom. The zero-order valence-corrected chi connectivity index (χ0v) is 11.7. The predicted molar refractivity (Wildman–Crippen MR) is 79.9 cm³/mol. The van der Waals surface area contributed by atoms with Crippen molar-refractivity contribution in [2.45, 2.75) is 6.92 Å². The van der Waals surface area contributed by atoms with Crippen LogP contribution in [-0.2, 0) is 0 Å². The first kappa shape index (κ1) is 14.1. The van der Waals surface area contributed by atoms with Crippen molar-refractivity contribution < 1.29 is 4.92 Å². The van der Waals surface area contributed by atoms with Gasteiger partial charge in [0.15, 0.2) is 0 Å². The molecule has 2 rings (SSSR count). The largest absolute Gasteiger partial charge is 0.373 e. The molecule has 0 aliphatic carbocycles. The summed E-state index contributed by atoms with van der Waals surface area (Å²) >= 11 is 6.08. The molecular weight excluding hydrogens is 280 g/mol. The third-order valence-electron chi connectivity index (χ3n) is 2.66. The lowest BCUT2D eigenvalue weighted by molar-refractivity contribution is -0.384. The van der Waals surface area contributed by atoms with Crippen LogP contribution < -0.4 is 10.6 Å². The highest BCUT2D eigenvalue weighted by Gasteiger charge is 2.11. The molecule has 20 heavy (non-hydrogen) atoms. The molecule has 7 heteroatoms. The summed E-state index contributed by atoms with van der Waals surface area (Å²) in [7, 11) is 1.65. The standard InChI is InChI=1S/C13H13ClN4O2/c1-8-3-4-10(14)11(5-8)16-13-7-9(18(19)20)6-12(15-2)17-13/h3-7H,1-2H3,(H2,15,16,17). The molecule has 0 fully saturated rings. The molecule has 0 bridgehead atoms. The first-order valence-corrected chi connectivity index (χ1v) is 6.25. The normalized spacial score (nSPS) is 10.2. The van der Waals surface area contributed by atoms with Crippen LogP contribution in [-0.4, -0.2) is 17.0 Å². The summed E-state index contributed by atoms with van der Waals surface area (Å²) in [5.41, 5.74) is 1.63. The topological polar surface area (TPSA) is 80.1 Å². The predicted octanol–water partition coefficient (Wildman–Crippen LogP) is 3.74. The average Bonchev–Trinajstić information content (AvgIpc) is 2.42. The number of anilines is 3. The number of halogens is 1. The first-order chi connectivity index (χ1) is 9.49. The monoisotopic (exact) mass is 292 g/mol. The van der Waals surface area contributed by atoms with Crippen LogP contribution in [0.1, 0.15) is 5.56 Å². The summed E-state index contributed by atoms with van der Waals surface area (Å²) in [5.74, 6) is 0.765. The molecule has 0 atom stereocenters. The van der Waals surface area contributed by atoms with E-state index in [1.54, 1.807) is 13.1 Å². The molecule has 2 aromatic rings. The Morgan fingerprint density at radius 3 is 2.60 bits per heavy atom. The molecule has 0 saturated carbocycles. The Morgan fingerprint density at radius 2 is 1.95 bits per heavy atom. The van der Waals surface area contributed by atoms with Crippen molar-refractivity contribution in [2.75, 3.05) is 17.7 Å². The summed E-state index contributed by atoms with van der Waals surface area (Å²) in [4.78, 5) is 14.6. The molecule has 1 heterocycles. The van der Waals surface area contributed by atoms with E-state index in [4.69, 9.17) is 11.6 Å². The summed E-state index contributed by atoms with van der Waals surface area (Å²) in [5, 5.41) is 17.2. The lowest BCUT2D eigenvalue weighted by atomic mass is 10.2. The van der Waals surface area contributed by atoms with Gasteiger partial charge >= 0.3 is 0 Å². The zero-order chi connectivity index (χ0) is 14.7. The quantitative estimate of drug-likeness (QED) is 0.663. The molecule has 104 valence electrons. The molecule has 6 nitrogen and oxygen atoms in total. The molecule has 0 amide bonds. The lowest BCUT2D eigenvalue weighted by Crippen LogP contribution is -2.01. The van der Waals surface area contributed by atoms with Crippen molar-refractivity contribution in [3.05, 3.63) is 51.0 Å². The van der Waals surface area contributed by atoms with Crippen LogP contribution in [0.2, 0.25) is 5.02 Å². The molecule has 1 aromatic heterocycles. The number of rotatable bonds is 4. The number of pyridine rings is 1. The maximum atomic E-state index is 10.9. The Balaban J connectivity index is 2.39. The van der Waals surface area contributed by atoms with Gasteiger partial charge in [0.25, 0.3) is 5.69 Å². The Labute approximate surface area is 120 Å². The van der Waals surface area contributed by atoms with Crippen LogP contribution in [0.5, 0.6) is 0 Å². The highest BCUT2D eigenvalue weighted by molar-refractivity contribution is 6.33. The highest BCUT2D eigenvalue weighted by atomic mass is 35.5. The van der Waals surface area contributed by atoms with Crippen LogP contribution in [0.15, 0.2) is 30.3 Å². The zero-order valence-electron chi connectivity index (χ0n) is 11.0.